The second-order valence-corrected chi connectivity index (χ2v) is 6.51. The molecule has 0 spiro atoms. The number of likely N-dealkylation sites (tertiary alicyclic amines) is 1. The van der Waals surface area contributed by atoms with Crippen LogP contribution in [0.4, 0.5) is 4.79 Å². The molecule has 0 aliphatic carbocycles. The third-order valence-electron chi connectivity index (χ3n) is 4.56. The highest BCUT2D eigenvalue weighted by atomic mass is 16.2. The van der Waals surface area contributed by atoms with Gasteiger partial charge in [0.05, 0.1) is 0 Å². The van der Waals surface area contributed by atoms with Crippen molar-refractivity contribution in [2.24, 2.45) is 0 Å². The molecule has 2 unspecified atom stereocenters. The monoisotopic (exact) mass is 323 g/mol. The molecule has 1 fully saturated rings. The zero-order chi connectivity index (χ0) is 16.8. The molecule has 1 aliphatic heterocycles. The van der Waals surface area contributed by atoms with Crippen LogP contribution in [-0.4, -0.2) is 29.6 Å². The number of nitrogens with zero attached hydrogens (tertiary/aromatic N) is 1. The van der Waals surface area contributed by atoms with Crippen LogP contribution in [0.5, 0.6) is 0 Å². The van der Waals surface area contributed by atoms with Gasteiger partial charge in [-0.15, -0.1) is 0 Å². The number of amides is 2. The van der Waals surface area contributed by atoms with Crippen LogP contribution >= 0.6 is 0 Å². The predicted molar refractivity (Wildman–Crippen MR) is 96.5 cm³/mol. The molecule has 0 saturated carbocycles. The fourth-order valence-electron chi connectivity index (χ4n) is 3.26. The van der Waals surface area contributed by atoms with E-state index in [2.05, 4.69) is 46.7 Å². The summed E-state index contributed by atoms with van der Waals surface area (Å²) in [5.41, 5.74) is 2.43. The second-order valence-electron chi connectivity index (χ2n) is 6.51. The summed E-state index contributed by atoms with van der Waals surface area (Å²) in [4.78, 5) is 14.5. The Morgan fingerprint density at radius 1 is 1.04 bits per heavy atom. The summed E-state index contributed by atoms with van der Waals surface area (Å²) in [6.45, 7) is 4.62. The number of benzene rings is 2. The summed E-state index contributed by atoms with van der Waals surface area (Å²) >= 11 is 0. The molecule has 2 atom stereocenters. The molecule has 3 rings (SSSR count). The van der Waals surface area contributed by atoms with E-state index < -0.39 is 0 Å². The predicted octanol–water partition coefficient (Wildman–Crippen LogP) is 3.15. The van der Waals surface area contributed by atoms with Gasteiger partial charge < -0.3 is 10.6 Å². The fraction of sp³-hybridized carbons (Fsp3) is 0.350. The Balaban J connectivity index is 1.45. The maximum atomic E-state index is 12.1. The second kappa shape index (κ2) is 7.97. The van der Waals surface area contributed by atoms with E-state index in [1.165, 1.54) is 5.56 Å². The van der Waals surface area contributed by atoms with Crippen molar-refractivity contribution >= 4 is 6.03 Å². The van der Waals surface area contributed by atoms with Gasteiger partial charge in [0.2, 0.25) is 0 Å². The summed E-state index contributed by atoms with van der Waals surface area (Å²) in [5.74, 6) is 0. The first-order valence-corrected chi connectivity index (χ1v) is 8.57. The molecule has 1 heterocycles. The highest BCUT2D eigenvalue weighted by Crippen LogP contribution is 2.20. The Labute approximate surface area is 143 Å². The number of carbonyl (C=O) groups is 1. The van der Waals surface area contributed by atoms with Crippen molar-refractivity contribution in [3.63, 3.8) is 0 Å². The Kier molecular flexibility index (Phi) is 5.49. The van der Waals surface area contributed by atoms with Gasteiger partial charge in [-0.05, 0) is 24.5 Å². The van der Waals surface area contributed by atoms with Gasteiger partial charge in [-0.3, -0.25) is 4.90 Å². The lowest BCUT2D eigenvalue weighted by Crippen LogP contribution is -2.43. The zero-order valence-corrected chi connectivity index (χ0v) is 14.1. The minimum Gasteiger partial charge on any atom is -0.334 e. The van der Waals surface area contributed by atoms with Gasteiger partial charge in [-0.1, -0.05) is 60.7 Å². The van der Waals surface area contributed by atoms with Crippen molar-refractivity contribution < 1.29 is 4.79 Å². The van der Waals surface area contributed by atoms with Crippen LogP contribution < -0.4 is 10.6 Å². The first-order valence-electron chi connectivity index (χ1n) is 8.57. The maximum Gasteiger partial charge on any atom is 0.315 e. The van der Waals surface area contributed by atoms with Crippen molar-refractivity contribution in [1.29, 1.82) is 0 Å². The number of carbonyl (C=O) groups excluding carboxylic acids is 1. The molecule has 1 saturated heterocycles. The van der Waals surface area contributed by atoms with E-state index >= 15 is 0 Å². The van der Waals surface area contributed by atoms with Crippen molar-refractivity contribution in [2.45, 2.75) is 38.5 Å². The molecule has 126 valence electrons. The van der Waals surface area contributed by atoms with Gasteiger partial charge in [0, 0.05) is 31.7 Å². The van der Waals surface area contributed by atoms with Crippen LogP contribution in [0.25, 0.3) is 0 Å². The van der Waals surface area contributed by atoms with Crippen molar-refractivity contribution in [3.8, 4) is 0 Å². The van der Waals surface area contributed by atoms with E-state index in [-0.39, 0.29) is 12.1 Å². The highest BCUT2D eigenvalue weighted by molar-refractivity contribution is 5.74. The molecule has 4 nitrogen and oxygen atoms in total. The molecular formula is C20H25N3O. The average molecular weight is 323 g/mol. The zero-order valence-electron chi connectivity index (χ0n) is 14.1. The van der Waals surface area contributed by atoms with Gasteiger partial charge in [0.1, 0.15) is 0 Å². The van der Waals surface area contributed by atoms with Gasteiger partial charge in [0.25, 0.3) is 0 Å². The maximum absolute atomic E-state index is 12.1. The number of urea groups is 1. The van der Waals surface area contributed by atoms with Crippen LogP contribution in [0.2, 0.25) is 0 Å². The molecule has 4 heteroatoms. The third kappa shape index (κ3) is 4.59. The van der Waals surface area contributed by atoms with Crippen LogP contribution in [0.1, 0.15) is 24.5 Å². The van der Waals surface area contributed by atoms with E-state index in [0.717, 1.165) is 25.1 Å². The molecule has 2 aromatic carbocycles. The Bertz CT molecular complexity index is 644. The van der Waals surface area contributed by atoms with Crippen molar-refractivity contribution in [3.05, 3.63) is 71.8 Å². The minimum absolute atomic E-state index is 0.0855. The largest absolute Gasteiger partial charge is 0.334 e. The number of hydrogen-bond donors (Lipinski definition) is 2. The summed E-state index contributed by atoms with van der Waals surface area (Å²) in [7, 11) is 0. The summed E-state index contributed by atoms with van der Waals surface area (Å²) < 4.78 is 0. The normalized spacial score (nSPS) is 20.7. The average Bonchev–Trinajstić information content (AvgIpc) is 2.94. The Morgan fingerprint density at radius 3 is 2.33 bits per heavy atom. The third-order valence-corrected chi connectivity index (χ3v) is 4.56. The molecule has 0 radical (unpaired) electrons. The van der Waals surface area contributed by atoms with Gasteiger partial charge in [-0.25, -0.2) is 4.79 Å². The summed E-state index contributed by atoms with van der Waals surface area (Å²) in [6.07, 6.45) is 0.992. The topological polar surface area (TPSA) is 44.4 Å². The summed E-state index contributed by atoms with van der Waals surface area (Å²) in [6, 6.07) is 21.1. The smallest absolute Gasteiger partial charge is 0.315 e. The van der Waals surface area contributed by atoms with Gasteiger partial charge >= 0.3 is 6.03 Å². The van der Waals surface area contributed by atoms with Gasteiger partial charge in [-0.2, -0.15) is 0 Å². The van der Waals surface area contributed by atoms with Crippen LogP contribution in [0.3, 0.4) is 0 Å². The first kappa shape index (κ1) is 16.5. The van der Waals surface area contributed by atoms with Crippen LogP contribution in [0, 0.1) is 0 Å². The molecule has 2 aromatic rings. The molecule has 24 heavy (non-hydrogen) atoms. The molecule has 1 aliphatic rings. The lowest BCUT2D eigenvalue weighted by Gasteiger charge is -2.20. The van der Waals surface area contributed by atoms with E-state index in [0.29, 0.717) is 12.6 Å². The Hall–Kier alpha value is -2.33. The van der Waals surface area contributed by atoms with Crippen molar-refractivity contribution in [1.82, 2.24) is 15.5 Å². The lowest BCUT2D eigenvalue weighted by molar-refractivity contribution is 0.234. The minimum atomic E-state index is -0.0855. The number of hydrogen-bond acceptors (Lipinski definition) is 2. The molecule has 2 amide bonds. The van der Waals surface area contributed by atoms with Gasteiger partial charge in [0.15, 0.2) is 0 Å². The van der Waals surface area contributed by atoms with Crippen LogP contribution in [0.15, 0.2) is 60.7 Å². The highest BCUT2D eigenvalue weighted by Gasteiger charge is 2.29. The quantitative estimate of drug-likeness (QED) is 0.888. The van der Waals surface area contributed by atoms with E-state index in [1.807, 2.05) is 36.4 Å². The van der Waals surface area contributed by atoms with E-state index in [1.54, 1.807) is 0 Å². The first-order chi connectivity index (χ1) is 11.7. The number of nitrogens with one attached hydrogen (secondary N) is 2. The SMILES string of the molecule is CC1CC(NC(=O)NCc2ccccc2)CN1Cc1ccccc1. The van der Waals surface area contributed by atoms with E-state index in [4.69, 9.17) is 0 Å². The molecule has 0 aromatic heterocycles. The lowest BCUT2D eigenvalue weighted by atomic mass is 10.2. The summed E-state index contributed by atoms with van der Waals surface area (Å²) in [5, 5.41) is 6.04. The fourth-order valence-corrected chi connectivity index (χ4v) is 3.26. The standard InChI is InChI=1S/C20H25N3O/c1-16-12-19(15-23(16)14-18-10-6-3-7-11-18)22-20(24)21-13-17-8-4-2-5-9-17/h2-11,16,19H,12-15H2,1H3,(H2,21,22,24). The number of rotatable bonds is 5. The molecule has 2 N–H and O–H groups in total. The van der Waals surface area contributed by atoms with E-state index in [9.17, 15) is 4.79 Å². The van der Waals surface area contributed by atoms with Crippen LogP contribution in [-0.2, 0) is 13.1 Å². The van der Waals surface area contributed by atoms with Crippen molar-refractivity contribution in [2.75, 3.05) is 6.54 Å². The Morgan fingerprint density at radius 2 is 1.67 bits per heavy atom. The molecular weight excluding hydrogens is 298 g/mol. The molecule has 0 bridgehead atoms.